The molecule has 32 heavy (non-hydrogen) atoms. The lowest BCUT2D eigenvalue weighted by Crippen LogP contribution is -2.16. The van der Waals surface area contributed by atoms with E-state index < -0.39 is 0 Å². The Balaban J connectivity index is 1.45. The van der Waals surface area contributed by atoms with Gasteiger partial charge >= 0.3 is 0 Å². The summed E-state index contributed by atoms with van der Waals surface area (Å²) < 4.78 is 12.6. The number of ether oxygens (including phenoxy) is 2. The Kier molecular flexibility index (Phi) is 5.85. The third-order valence-corrected chi connectivity index (χ3v) is 5.53. The van der Waals surface area contributed by atoms with Crippen LogP contribution in [0.25, 0.3) is 21.9 Å². The zero-order valence-electron chi connectivity index (χ0n) is 17.7. The molecule has 0 aliphatic rings. The molecular weight excluding hydrogens is 392 g/mol. The first-order chi connectivity index (χ1) is 15.9. The summed E-state index contributed by atoms with van der Waals surface area (Å²) >= 11 is 0. The molecule has 0 fully saturated rings. The number of rotatable bonds is 7. The van der Waals surface area contributed by atoms with Crippen molar-refractivity contribution in [2.24, 2.45) is 0 Å². The summed E-state index contributed by atoms with van der Waals surface area (Å²) in [6.07, 6.45) is -0.226. The first-order valence-electron chi connectivity index (χ1n) is 10.8. The van der Waals surface area contributed by atoms with E-state index >= 15 is 0 Å². The van der Waals surface area contributed by atoms with Crippen LogP contribution in [0.2, 0.25) is 0 Å². The molecule has 2 nitrogen and oxygen atoms in total. The Hall–Kier alpha value is -4.04. The molecule has 0 aromatic heterocycles. The minimum absolute atomic E-state index is 0.226. The number of benzene rings is 5. The predicted octanol–water partition coefficient (Wildman–Crippen LogP) is 7.71. The Morgan fingerprint density at radius 3 is 2.00 bits per heavy atom. The summed E-state index contributed by atoms with van der Waals surface area (Å²) in [7, 11) is 0. The lowest BCUT2D eigenvalue weighted by molar-refractivity contribution is 0.131. The van der Waals surface area contributed by atoms with Gasteiger partial charge in [-0.25, -0.2) is 0 Å². The second kappa shape index (κ2) is 9.40. The van der Waals surface area contributed by atoms with Gasteiger partial charge in [0, 0.05) is 5.39 Å². The van der Waals surface area contributed by atoms with E-state index in [9.17, 15) is 0 Å². The quantitative estimate of drug-likeness (QED) is 0.270. The zero-order valence-corrected chi connectivity index (χ0v) is 17.7. The highest BCUT2D eigenvalue weighted by Crippen LogP contribution is 2.33. The highest BCUT2D eigenvalue weighted by Gasteiger charge is 2.16. The third-order valence-electron chi connectivity index (χ3n) is 5.53. The van der Waals surface area contributed by atoms with Crippen LogP contribution in [0.5, 0.6) is 11.5 Å². The van der Waals surface area contributed by atoms with Gasteiger partial charge in [0.05, 0.1) is 0 Å². The maximum atomic E-state index is 6.56. The Labute approximate surface area is 188 Å². The third kappa shape index (κ3) is 4.50. The van der Waals surface area contributed by atoms with Crippen LogP contribution >= 0.6 is 0 Å². The van der Waals surface area contributed by atoms with Crippen molar-refractivity contribution in [3.63, 3.8) is 0 Å². The van der Waals surface area contributed by atoms with Gasteiger partial charge in [-0.3, -0.25) is 0 Å². The number of para-hydroxylation sites is 1. The summed E-state index contributed by atoms with van der Waals surface area (Å²) in [5, 5.41) is 2.24. The normalized spacial score (nSPS) is 11.8. The van der Waals surface area contributed by atoms with E-state index in [0.717, 1.165) is 27.8 Å². The molecule has 1 atom stereocenters. The molecule has 0 radical (unpaired) electrons. The van der Waals surface area contributed by atoms with Gasteiger partial charge in [-0.1, -0.05) is 103 Å². The lowest BCUT2D eigenvalue weighted by Gasteiger charge is -2.21. The Morgan fingerprint density at radius 1 is 0.562 bits per heavy atom. The van der Waals surface area contributed by atoms with Crippen LogP contribution in [-0.2, 0) is 0 Å². The molecule has 0 spiro atoms. The van der Waals surface area contributed by atoms with Gasteiger partial charge < -0.3 is 9.47 Å². The Bertz CT molecular complexity index is 1280. The number of hydrogen-bond acceptors (Lipinski definition) is 2. The van der Waals surface area contributed by atoms with Crippen LogP contribution in [0.1, 0.15) is 11.7 Å². The molecule has 0 N–H and O–H groups in total. The van der Waals surface area contributed by atoms with E-state index in [1.165, 1.54) is 11.1 Å². The van der Waals surface area contributed by atoms with Crippen LogP contribution in [0.3, 0.4) is 0 Å². The number of fused-ring (bicyclic) bond motifs is 1. The molecule has 2 heteroatoms. The maximum absolute atomic E-state index is 6.56. The molecule has 1 unspecified atom stereocenters. The average Bonchev–Trinajstić information content (AvgIpc) is 2.88. The van der Waals surface area contributed by atoms with E-state index in [-0.39, 0.29) is 6.10 Å². The van der Waals surface area contributed by atoms with Crippen LogP contribution in [-0.4, -0.2) is 6.61 Å². The summed E-state index contributed by atoms with van der Waals surface area (Å²) in [5.41, 5.74) is 3.49. The van der Waals surface area contributed by atoms with Gasteiger partial charge in [-0.05, 0) is 46.3 Å². The fraction of sp³-hybridized carbons (Fsp3) is 0.0667. The molecule has 0 saturated carbocycles. The number of hydrogen-bond donors (Lipinski definition) is 0. The van der Waals surface area contributed by atoms with Crippen molar-refractivity contribution < 1.29 is 9.47 Å². The molecule has 5 rings (SSSR count). The smallest absolute Gasteiger partial charge is 0.158 e. The van der Waals surface area contributed by atoms with Crippen LogP contribution in [0.4, 0.5) is 0 Å². The average molecular weight is 417 g/mol. The van der Waals surface area contributed by atoms with E-state index in [1.807, 2.05) is 66.7 Å². The topological polar surface area (TPSA) is 18.5 Å². The van der Waals surface area contributed by atoms with E-state index in [1.54, 1.807) is 0 Å². The molecule has 0 bridgehead atoms. The van der Waals surface area contributed by atoms with Gasteiger partial charge in [0.1, 0.15) is 18.1 Å². The molecule has 0 aliphatic heterocycles. The summed E-state index contributed by atoms with van der Waals surface area (Å²) in [6.45, 7) is 0.423. The minimum atomic E-state index is -0.226. The van der Waals surface area contributed by atoms with E-state index in [0.29, 0.717) is 6.61 Å². The summed E-state index contributed by atoms with van der Waals surface area (Å²) in [4.78, 5) is 0. The molecule has 0 amide bonds. The predicted molar refractivity (Wildman–Crippen MR) is 131 cm³/mol. The van der Waals surface area contributed by atoms with Crippen LogP contribution < -0.4 is 9.47 Å². The van der Waals surface area contributed by atoms with Gasteiger partial charge in [0.15, 0.2) is 6.10 Å². The van der Waals surface area contributed by atoms with Crippen molar-refractivity contribution in [1.82, 2.24) is 0 Å². The Morgan fingerprint density at radius 2 is 1.25 bits per heavy atom. The first-order valence-corrected chi connectivity index (χ1v) is 10.8. The molecule has 5 aromatic rings. The van der Waals surface area contributed by atoms with Crippen molar-refractivity contribution in [2.75, 3.05) is 6.61 Å². The monoisotopic (exact) mass is 416 g/mol. The van der Waals surface area contributed by atoms with Crippen molar-refractivity contribution in [3.8, 4) is 22.6 Å². The van der Waals surface area contributed by atoms with Crippen LogP contribution in [0, 0.1) is 0 Å². The molecule has 0 heterocycles. The fourth-order valence-corrected chi connectivity index (χ4v) is 3.87. The molecule has 0 saturated heterocycles. The SMILES string of the molecule is c1ccc(OCC(Oc2cccc3cc(-c4ccccc4)ccc23)c2ccccc2)cc1. The van der Waals surface area contributed by atoms with Crippen molar-refractivity contribution in [2.45, 2.75) is 6.10 Å². The second-order valence-electron chi connectivity index (χ2n) is 7.70. The minimum Gasteiger partial charge on any atom is -0.489 e. The second-order valence-corrected chi connectivity index (χ2v) is 7.70. The van der Waals surface area contributed by atoms with Gasteiger partial charge in [-0.2, -0.15) is 0 Å². The standard InChI is InChI=1S/C30H24O2/c1-4-11-23(12-5-1)25-19-20-28-26(21-25)15-10-18-29(28)32-30(24-13-6-2-7-14-24)22-31-27-16-8-3-9-17-27/h1-21,30H,22H2. The molecule has 0 aliphatic carbocycles. The van der Waals surface area contributed by atoms with Gasteiger partial charge in [0.25, 0.3) is 0 Å². The van der Waals surface area contributed by atoms with E-state index in [2.05, 4.69) is 60.7 Å². The molecule has 156 valence electrons. The maximum Gasteiger partial charge on any atom is 0.158 e. The molecule has 5 aromatic carbocycles. The zero-order chi connectivity index (χ0) is 21.6. The highest BCUT2D eigenvalue weighted by atomic mass is 16.5. The summed E-state index contributed by atoms with van der Waals surface area (Å²) in [5.74, 6) is 1.69. The van der Waals surface area contributed by atoms with Crippen molar-refractivity contribution in [1.29, 1.82) is 0 Å². The highest BCUT2D eigenvalue weighted by molar-refractivity contribution is 5.91. The fourth-order valence-electron chi connectivity index (χ4n) is 3.87. The van der Waals surface area contributed by atoms with Crippen molar-refractivity contribution >= 4 is 10.8 Å². The lowest BCUT2D eigenvalue weighted by atomic mass is 10.0. The summed E-state index contributed by atoms with van der Waals surface area (Å²) in [6, 6.07) is 43.3. The van der Waals surface area contributed by atoms with E-state index in [4.69, 9.17) is 9.47 Å². The first kappa shape index (κ1) is 19.9. The molecular formula is C30H24O2. The largest absolute Gasteiger partial charge is 0.489 e. The van der Waals surface area contributed by atoms with Crippen molar-refractivity contribution in [3.05, 3.63) is 133 Å². The van der Waals surface area contributed by atoms with Gasteiger partial charge in [0.2, 0.25) is 0 Å². The van der Waals surface area contributed by atoms with Crippen LogP contribution in [0.15, 0.2) is 127 Å². The van der Waals surface area contributed by atoms with Gasteiger partial charge in [-0.15, -0.1) is 0 Å².